The second-order valence-electron chi connectivity index (χ2n) is 20.9. The highest BCUT2D eigenvalue weighted by molar-refractivity contribution is 5.71. The molecule has 0 radical (unpaired) electrons. The summed E-state index contributed by atoms with van der Waals surface area (Å²) < 4.78 is 16.9. The van der Waals surface area contributed by atoms with Crippen molar-refractivity contribution in [2.75, 3.05) is 13.2 Å². The molecule has 0 aliphatic rings. The van der Waals surface area contributed by atoms with E-state index in [4.69, 9.17) is 14.2 Å². The molecule has 0 saturated carbocycles. The van der Waals surface area contributed by atoms with Gasteiger partial charge in [0.15, 0.2) is 6.10 Å². The Kier molecular flexibility index (Phi) is 49.6. The van der Waals surface area contributed by atoms with Crippen LogP contribution in [0.2, 0.25) is 0 Å². The lowest BCUT2D eigenvalue weighted by molar-refractivity contribution is -0.167. The van der Waals surface area contributed by atoms with Crippen LogP contribution in [0, 0.1) is 11.8 Å². The Bertz CT molecular complexity index is 978. The number of unbranched alkanes of at least 4 members (excludes halogenated alkanes) is 37. The van der Waals surface area contributed by atoms with E-state index in [-0.39, 0.29) is 31.1 Å². The Morgan fingerprint density at radius 1 is 0.297 bits per heavy atom. The first-order valence-corrected chi connectivity index (χ1v) is 28.7. The number of carbonyl (C=O) groups excluding carboxylic acids is 3. The Morgan fingerprint density at radius 3 is 0.766 bits per heavy atom. The van der Waals surface area contributed by atoms with Crippen LogP contribution in [0.5, 0.6) is 0 Å². The van der Waals surface area contributed by atoms with Crippen LogP contribution in [-0.2, 0) is 28.6 Å². The predicted octanol–water partition coefficient (Wildman–Crippen LogP) is 18.9. The second-order valence-corrected chi connectivity index (χ2v) is 20.9. The lowest BCUT2D eigenvalue weighted by atomic mass is 10.0. The van der Waals surface area contributed by atoms with Gasteiger partial charge in [-0.1, -0.05) is 285 Å². The average Bonchev–Trinajstić information content (AvgIpc) is 3.27. The van der Waals surface area contributed by atoms with Crippen LogP contribution in [-0.4, -0.2) is 37.2 Å². The van der Waals surface area contributed by atoms with Gasteiger partial charge in [0.1, 0.15) is 13.2 Å². The summed E-state index contributed by atoms with van der Waals surface area (Å²) in [5, 5.41) is 0. The molecule has 0 aromatic heterocycles. The van der Waals surface area contributed by atoms with Gasteiger partial charge < -0.3 is 14.2 Å². The van der Waals surface area contributed by atoms with Crippen LogP contribution in [0.25, 0.3) is 0 Å². The third kappa shape index (κ3) is 51.4. The lowest BCUT2D eigenvalue weighted by Crippen LogP contribution is -2.30. The molecule has 0 fully saturated rings. The molecule has 0 aromatic carbocycles. The number of esters is 3. The molecule has 380 valence electrons. The molecule has 6 heteroatoms. The Balaban J connectivity index is 4.23. The largest absolute Gasteiger partial charge is 0.462 e. The Labute approximate surface area is 399 Å². The van der Waals surface area contributed by atoms with Gasteiger partial charge in [0, 0.05) is 19.3 Å². The van der Waals surface area contributed by atoms with Crippen LogP contribution >= 0.6 is 0 Å². The van der Waals surface area contributed by atoms with E-state index >= 15 is 0 Å². The first kappa shape index (κ1) is 62.4. The van der Waals surface area contributed by atoms with Crippen molar-refractivity contribution in [3.8, 4) is 0 Å². The number of rotatable bonds is 52. The maximum atomic E-state index is 12.8. The molecule has 0 aliphatic carbocycles. The van der Waals surface area contributed by atoms with Gasteiger partial charge in [0.2, 0.25) is 0 Å². The first-order chi connectivity index (χ1) is 31.2. The third-order valence-corrected chi connectivity index (χ3v) is 13.2. The van der Waals surface area contributed by atoms with Gasteiger partial charge in [-0.05, 0) is 31.1 Å². The monoisotopic (exact) mass is 905 g/mol. The van der Waals surface area contributed by atoms with Crippen LogP contribution in [0.4, 0.5) is 0 Å². The molecule has 0 heterocycles. The minimum atomic E-state index is -0.762. The van der Waals surface area contributed by atoms with E-state index in [0.29, 0.717) is 19.3 Å². The number of ether oxygens (including phenoxy) is 3. The molecule has 0 bridgehead atoms. The normalized spacial score (nSPS) is 12.0. The molecule has 0 spiro atoms. The van der Waals surface area contributed by atoms with E-state index in [9.17, 15) is 14.4 Å². The summed E-state index contributed by atoms with van der Waals surface area (Å²) in [6.45, 7) is 11.4. The highest BCUT2D eigenvalue weighted by atomic mass is 16.6. The molecular formula is C58H112O6. The van der Waals surface area contributed by atoms with Crippen molar-refractivity contribution in [3.63, 3.8) is 0 Å². The van der Waals surface area contributed by atoms with Crippen molar-refractivity contribution in [2.24, 2.45) is 11.8 Å². The van der Waals surface area contributed by atoms with E-state index in [1.165, 1.54) is 212 Å². The number of hydrogen-bond acceptors (Lipinski definition) is 6. The first-order valence-electron chi connectivity index (χ1n) is 28.7. The highest BCUT2D eigenvalue weighted by Gasteiger charge is 2.19. The fraction of sp³-hybridized carbons (Fsp3) is 0.948. The molecule has 0 N–H and O–H groups in total. The molecule has 0 rings (SSSR count). The lowest BCUT2D eigenvalue weighted by Gasteiger charge is -2.18. The van der Waals surface area contributed by atoms with Gasteiger partial charge in [-0.15, -0.1) is 0 Å². The zero-order valence-corrected chi connectivity index (χ0v) is 43.9. The van der Waals surface area contributed by atoms with Crippen molar-refractivity contribution in [3.05, 3.63) is 0 Å². The standard InChI is InChI=1S/C58H112O6/c1-6-7-8-9-10-11-28-33-38-43-48-56(59)62-51-55(64-58(61)50-45-40-35-30-25-21-17-16-19-23-27-32-37-42-47-54(4)5)52-63-57(60)49-44-39-34-29-24-20-15-13-12-14-18-22-26-31-36-41-46-53(2)3/h53-55H,6-52H2,1-5H3/t55-/m0/s1. The van der Waals surface area contributed by atoms with E-state index < -0.39 is 6.10 Å². The van der Waals surface area contributed by atoms with Crippen molar-refractivity contribution in [1.82, 2.24) is 0 Å². The van der Waals surface area contributed by atoms with Crippen molar-refractivity contribution >= 4 is 17.9 Å². The summed E-state index contributed by atoms with van der Waals surface area (Å²) in [7, 11) is 0. The van der Waals surface area contributed by atoms with Crippen LogP contribution in [0.3, 0.4) is 0 Å². The summed E-state index contributed by atoms with van der Waals surface area (Å²) in [5.74, 6) is 0.855. The fourth-order valence-electron chi connectivity index (χ4n) is 8.87. The summed E-state index contributed by atoms with van der Waals surface area (Å²) in [6.07, 6.45) is 53.8. The van der Waals surface area contributed by atoms with E-state index in [1.54, 1.807) is 0 Å². The molecular weight excluding hydrogens is 793 g/mol. The average molecular weight is 906 g/mol. The fourth-order valence-corrected chi connectivity index (χ4v) is 8.87. The van der Waals surface area contributed by atoms with E-state index in [0.717, 1.165) is 69.6 Å². The maximum absolute atomic E-state index is 12.8. The number of hydrogen-bond donors (Lipinski definition) is 0. The minimum absolute atomic E-state index is 0.0626. The molecule has 0 unspecified atom stereocenters. The van der Waals surface area contributed by atoms with Crippen LogP contribution in [0.15, 0.2) is 0 Å². The zero-order chi connectivity index (χ0) is 46.8. The Morgan fingerprint density at radius 2 is 0.516 bits per heavy atom. The summed E-state index contributed by atoms with van der Waals surface area (Å²) in [6, 6.07) is 0. The van der Waals surface area contributed by atoms with Crippen molar-refractivity contribution < 1.29 is 28.6 Å². The van der Waals surface area contributed by atoms with Gasteiger partial charge in [-0.25, -0.2) is 0 Å². The topological polar surface area (TPSA) is 78.9 Å². The van der Waals surface area contributed by atoms with Gasteiger partial charge in [-0.3, -0.25) is 14.4 Å². The maximum Gasteiger partial charge on any atom is 0.306 e. The summed E-state index contributed by atoms with van der Waals surface area (Å²) >= 11 is 0. The summed E-state index contributed by atoms with van der Waals surface area (Å²) in [4.78, 5) is 38.1. The molecule has 0 aromatic rings. The quantitative estimate of drug-likeness (QED) is 0.0344. The minimum Gasteiger partial charge on any atom is -0.462 e. The molecule has 6 nitrogen and oxygen atoms in total. The van der Waals surface area contributed by atoms with Crippen LogP contribution in [0.1, 0.15) is 324 Å². The van der Waals surface area contributed by atoms with Crippen molar-refractivity contribution in [1.29, 1.82) is 0 Å². The number of carbonyl (C=O) groups is 3. The van der Waals surface area contributed by atoms with Gasteiger partial charge in [-0.2, -0.15) is 0 Å². The second kappa shape index (κ2) is 50.8. The van der Waals surface area contributed by atoms with Crippen molar-refractivity contribution in [2.45, 2.75) is 330 Å². The third-order valence-electron chi connectivity index (χ3n) is 13.2. The molecule has 64 heavy (non-hydrogen) atoms. The molecule has 0 aliphatic heterocycles. The SMILES string of the molecule is CCCCCCCCCCCCC(=O)OC[C@@H](COC(=O)CCCCCCCCCCCCCCCCCCC(C)C)OC(=O)CCCCCCCCCCCCCCCCC(C)C. The van der Waals surface area contributed by atoms with E-state index in [1.807, 2.05) is 0 Å². The zero-order valence-electron chi connectivity index (χ0n) is 43.9. The molecule has 0 saturated heterocycles. The van der Waals surface area contributed by atoms with Gasteiger partial charge >= 0.3 is 17.9 Å². The van der Waals surface area contributed by atoms with Gasteiger partial charge in [0.05, 0.1) is 0 Å². The Hall–Kier alpha value is -1.59. The van der Waals surface area contributed by atoms with Crippen LogP contribution < -0.4 is 0 Å². The molecule has 1 atom stereocenters. The van der Waals surface area contributed by atoms with Gasteiger partial charge in [0.25, 0.3) is 0 Å². The molecule has 0 amide bonds. The predicted molar refractivity (Wildman–Crippen MR) is 275 cm³/mol. The van der Waals surface area contributed by atoms with E-state index in [2.05, 4.69) is 34.6 Å². The summed E-state index contributed by atoms with van der Waals surface area (Å²) in [5.41, 5.74) is 0. The smallest absolute Gasteiger partial charge is 0.306 e. The highest BCUT2D eigenvalue weighted by Crippen LogP contribution is 2.18.